The molecule has 134 valence electrons. The molecule has 0 aliphatic carbocycles. The zero-order valence-electron chi connectivity index (χ0n) is 12.8. The minimum absolute atomic E-state index is 0.332. The number of aromatic nitrogens is 1. The number of nitrogens with zero attached hydrogens (tertiary/aromatic N) is 1. The average molecular weight is 468 g/mol. The smallest absolute Gasteiger partial charge is 0.0859 e. The van der Waals surface area contributed by atoms with Crippen molar-refractivity contribution in [1.29, 1.82) is 0 Å². The Hall–Kier alpha value is -0.710. The van der Waals surface area contributed by atoms with Crippen LogP contribution in [-0.2, 0) is 6.61 Å². The number of pyridine rings is 1. The van der Waals surface area contributed by atoms with E-state index in [2.05, 4.69) is 4.98 Å². The molecule has 3 aromatic rings. The number of halogens is 6. The van der Waals surface area contributed by atoms with Gasteiger partial charge in [0.2, 0.25) is 0 Å². The summed E-state index contributed by atoms with van der Waals surface area (Å²) in [5.41, 5.74) is 2.51. The van der Waals surface area contributed by atoms with E-state index in [4.69, 9.17) is 69.6 Å². The Morgan fingerprint density at radius 3 is 1.62 bits per heavy atom. The molecule has 8 heteroatoms. The van der Waals surface area contributed by atoms with Crippen LogP contribution in [0, 0.1) is 0 Å². The number of hydrogen-bond donors (Lipinski definition) is 1. The second-order valence-electron chi connectivity index (χ2n) is 5.34. The molecule has 3 rings (SSSR count). The first-order chi connectivity index (χ1) is 12.3. The van der Waals surface area contributed by atoms with Crippen LogP contribution >= 0.6 is 69.6 Å². The van der Waals surface area contributed by atoms with E-state index in [0.717, 1.165) is 0 Å². The number of hydrogen-bond acceptors (Lipinski definition) is 2. The minimum atomic E-state index is -0.332. The summed E-state index contributed by atoms with van der Waals surface area (Å²) in [5.74, 6) is 0. The molecular formula is C18H9Cl6NO. The third-order valence-corrected chi connectivity index (χ3v) is 5.29. The fourth-order valence-corrected chi connectivity index (χ4v) is 4.61. The third kappa shape index (κ3) is 3.93. The third-order valence-electron chi connectivity index (χ3n) is 3.66. The lowest BCUT2D eigenvalue weighted by molar-refractivity contribution is 0.277. The molecule has 0 unspecified atom stereocenters. The average Bonchev–Trinajstić information content (AvgIpc) is 2.53. The van der Waals surface area contributed by atoms with Crippen molar-refractivity contribution in [2.24, 2.45) is 0 Å². The summed E-state index contributed by atoms with van der Waals surface area (Å²) >= 11 is 37.0. The topological polar surface area (TPSA) is 33.1 Å². The summed E-state index contributed by atoms with van der Waals surface area (Å²) in [5, 5.41) is 12.1. The summed E-state index contributed by atoms with van der Waals surface area (Å²) in [6.07, 6.45) is 0. The number of rotatable bonds is 3. The first-order valence-corrected chi connectivity index (χ1v) is 9.49. The van der Waals surface area contributed by atoms with Crippen molar-refractivity contribution >= 4 is 69.6 Å². The highest BCUT2D eigenvalue weighted by Gasteiger charge is 2.18. The molecule has 0 fully saturated rings. The van der Waals surface area contributed by atoms with Crippen LogP contribution < -0.4 is 0 Å². The van der Waals surface area contributed by atoms with Gasteiger partial charge < -0.3 is 5.11 Å². The van der Waals surface area contributed by atoms with Gasteiger partial charge in [0.05, 0.1) is 38.1 Å². The van der Waals surface area contributed by atoms with Crippen molar-refractivity contribution < 1.29 is 5.11 Å². The Morgan fingerprint density at radius 2 is 1.15 bits per heavy atom. The fourth-order valence-electron chi connectivity index (χ4n) is 2.58. The van der Waals surface area contributed by atoms with Crippen molar-refractivity contribution in [3.8, 4) is 22.4 Å². The maximum atomic E-state index is 9.81. The standard InChI is InChI=1S/C18H9Cl6NO/c19-8-3-11(21)17(12(22)4-8)10-1-2-15(25-16(10)7-26)18-13(23)5-9(20)6-14(18)24/h1-6,26H,7H2. The van der Waals surface area contributed by atoms with E-state index in [1.54, 1.807) is 36.4 Å². The maximum Gasteiger partial charge on any atom is 0.0859 e. The molecule has 0 spiro atoms. The molecule has 1 N–H and O–H groups in total. The second kappa shape index (κ2) is 8.12. The van der Waals surface area contributed by atoms with Gasteiger partial charge in [0.15, 0.2) is 0 Å². The zero-order valence-corrected chi connectivity index (χ0v) is 17.4. The van der Waals surface area contributed by atoms with Gasteiger partial charge in [0, 0.05) is 26.7 Å². The van der Waals surface area contributed by atoms with Crippen molar-refractivity contribution in [2.45, 2.75) is 6.61 Å². The Bertz CT molecular complexity index is 959. The predicted octanol–water partition coefficient (Wildman–Crippen LogP) is 7.83. The van der Waals surface area contributed by atoms with E-state index >= 15 is 0 Å². The number of aliphatic hydroxyl groups is 1. The van der Waals surface area contributed by atoms with Crippen LogP contribution in [0.2, 0.25) is 30.1 Å². The van der Waals surface area contributed by atoms with E-state index in [0.29, 0.717) is 58.2 Å². The van der Waals surface area contributed by atoms with E-state index in [1.165, 1.54) is 0 Å². The van der Waals surface area contributed by atoms with Crippen LogP contribution in [0.5, 0.6) is 0 Å². The molecule has 0 saturated carbocycles. The SMILES string of the molecule is OCc1nc(-c2c(Cl)cc(Cl)cc2Cl)ccc1-c1c(Cl)cc(Cl)cc1Cl. The molecule has 0 saturated heterocycles. The molecule has 26 heavy (non-hydrogen) atoms. The Balaban J connectivity index is 2.20. The fraction of sp³-hybridized carbons (Fsp3) is 0.0556. The Morgan fingerprint density at radius 1 is 0.692 bits per heavy atom. The quantitative estimate of drug-likeness (QED) is 0.425. The van der Waals surface area contributed by atoms with Gasteiger partial charge in [-0.15, -0.1) is 0 Å². The molecule has 0 bridgehead atoms. The minimum Gasteiger partial charge on any atom is -0.390 e. The van der Waals surface area contributed by atoms with Gasteiger partial charge in [0.1, 0.15) is 0 Å². The van der Waals surface area contributed by atoms with Gasteiger partial charge >= 0.3 is 0 Å². The predicted molar refractivity (Wildman–Crippen MR) is 111 cm³/mol. The Kier molecular flexibility index (Phi) is 6.25. The maximum absolute atomic E-state index is 9.81. The monoisotopic (exact) mass is 465 g/mol. The lowest BCUT2D eigenvalue weighted by Gasteiger charge is -2.14. The van der Waals surface area contributed by atoms with Gasteiger partial charge in [0.25, 0.3) is 0 Å². The Labute approximate surface area is 180 Å². The summed E-state index contributed by atoms with van der Waals surface area (Å²) in [6, 6.07) is 9.77. The van der Waals surface area contributed by atoms with Crippen LogP contribution in [0.25, 0.3) is 22.4 Å². The first kappa shape index (κ1) is 20.0. The molecular weight excluding hydrogens is 459 g/mol. The van der Waals surface area contributed by atoms with Gasteiger partial charge in [-0.25, -0.2) is 4.98 Å². The summed E-state index contributed by atoms with van der Waals surface area (Å²) in [4.78, 5) is 4.48. The van der Waals surface area contributed by atoms with E-state index in [9.17, 15) is 5.11 Å². The summed E-state index contributed by atoms with van der Waals surface area (Å²) in [6.45, 7) is -0.332. The normalized spacial score (nSPS) is 11.0. The van der Waals surface area contributed by atoms with Crippen LogP contribution in [0.3, 0.4) is 0 Å². The van der Waals surface area contributed by atoms with Crippen molar-refractivity contribution in [2.75, 3.05) is 0 Å². The molecule has 0 radical (unpaired) electrons. The van der Waals surface area contributed by atoms with Crippen LogP contribution in [-0.4, -0.2) is 10.1 Å². The summed E-state index contributed by atoms with van der Waals surface area (Å²) < 4.78 is 0. The lowest BCUT2D eigenvalue weighted by atomic mass is 10.0. The second-order valence-corrected chi connectivity index (χ2v) is 7.84. The molecule has 1 aromatic heterocycles. The van der Waals surface area contributed by atoms with Gasteiger partial charge in [-0.2, -0.15) is 0 Å². The van der Waals surface area contributed by atoms with E-state index in [1.807, 2.05) is 0 Å². The van der Waals surface area contributed by atoms with E-state index < -0.39 is 0 Å². The van der Waals surface area contributed by atoms with Crippen LogP contribution in [0.4, 0.5) is 0 Å². The van der Waals surface area contributed by atoms with Crippen LogP contribution in [0.15, 0.2) is 36.4 Å². The van der Waals surface area contributed by atoms with Gasteiger partial charge in [-0.05, 0) is 30.3 Å². The van der Waals surface area contributed by atoms with E-state index in [-0.39, 0.29) is 6.61 Å². The zero-order chi connectivity index (χ0) is 19.0. The molecule has 2 nitrogen and oxygen atoms in total. The summed E-state index contributed by atoms with van der Waals surface area (Å²) in [7, 11) is 0. The molecule has 0 atom stereocenters. The van der Waals surface area contributed by atoms with Crippen molar-refractivity contribution in [3.63, 3.8) is 0 Å². The van der Waals surface area contributed by atoms with Crippen molar-refractivity contribution in [3.05, 3.63) is 72.2 Å². The molecule has 0 aliphatic heterocycles. The van der Waals surface area contributed by atoms with Gasteiger partial charge in [-0.3, -0.25) is 0 Å². The van der Waals surface area contributed by atoms with Gasteiger partial charge in [-0.1, -0.05) is 75.7 Å². The molecule has 1 heterocycles. The lowest BCUT2D eigenvalue weighted by Crippen LogP contribution is -1.98. The van der Waals surface area contributed by atoms with Crippen molar-refractivity contribution in [1.82, 2.24) is 4.98 Å². The molecule has 2 aromatic carbocycles. The highest BCUT2D eigenvalue weighted by atomic mass is 35.5. The number of benzene rings is 2. The first-order valence-electron chi connectivity index (χ1n) is 7.22. The largest absolute Gasteiger partial charge is 0.390 e. The molecule has 0 amide bonds. The number of aliphatic hydroxyl groups excluding tert-OH is 1. The highest BCUT2D eigenvalue weighted by molar-refractivity contribution is 6.42. The molecule has 0 aliphatic rings. The van der Waals surface area contributed by atoms with Crippen LogP contribution in [0.1, 0.15) is 5.69 Å². The highest BCUT2D eigenvalue weighted by Crippen LogP contribution is 2.41.